The summed E-state index contributed by atoms with van der Waals surface area (Å²) in [6.07, 6.45) is 1.62. The lowest BCUT2D eigenvalue weighted by Crippen LogP contribution is -1.92. The summed E-state index contributed by atoms with van der Waals surface area (Å²) < 4.78 is 1.51. The summed E-state index contributed by atoms with van der Waals surface area (Å²) in [6.45, 7) is 0. The zero-order chi connectivity index (χ0) is 9.26. The van der Waals surface area contributed by atoms with Crippen LogP contribution in [0.2, 0.25) is 5.02 Å². The van der Waals surface area contributed by atoms with E-state index in [1.807, 2.05) is 0 Å². The fraction of sp³-hybridized carbons (Fsp3) is 0. The number of hydrogen-bond acceptors (Lipinski definition) is 1. The van der Waals surface area contributed by atoms with E-state index in [-0.39, 0.29) is 5.88 Å². The van der Waals surface area contributed by atoms with Gasteiger partial charge in [0.25, 0.3) is 5.88 Å². The van der Waals surface area contributed by atoms with E-state index in [0.29, 0.717) is 5.02 Å². The average molecular weight is 194 g/mol. The summed E-state index contributed by atoms with van der Waals surface area (Å²) in [5.41, 5.74) is 0.825. The molecule has 1 aromatic carbocycles. The molecule has 13 heavy (non-hydrogen) atoms. The molecule has 65 valence electrons. The molecule has 4 heteroatoms. The van der Waals surface area contributed by atoms with Crippen molar-refractivity contribution in [3.63, 3.8) is 0 Å². The van der Waals surface area contributed by atoms with E-state index >= 15 is 0 Å². The molecule has 0 unspecified atom stereocenters. The quantitative estimate of drug-likeness (QED) is 0.686. The Kier molecular flexibility index (Phi) is 1.94. The summed E-state index contributed by atoms with van der Waals surface area (Å²) in [4.78, 5) is 0. The fourth-order valence-electron chi connectivity index (χ4n) is 1.04. The first-order valence-electron chi connectivity index (χ1n) is 3.74. The molecule has 0 aliphatic carbocycles. The van der Waals surface area contributed by atoms with Gasteiger partial charge in [-0.1, -0.05) is 11.6 Å². The van der Waals surface area contributed by atoms with Gasteiger partial charge in [0.15, 0.2) is 0 Å². The van der Waals surface area contributed by atoms with Crippen molar-refractivity contribution in [1.29, 1.82) is 0 Å². The normalized spacial score (nSPS) is 10.2. The van der Waals surface area contributed by atoms with E-state index < -0.39 is 0 Å². The largest absolute Gasteiger partial charge is 0.288 e. The number of nitrogens with zero attached hydrogens (tertiary/aromatic N) is 2. The third-order valence-electron chi connectivity index (χ3n) is 1.66. The van der Waals surface area contributed by atoms with Crippen molar-refractivity contribution < 1.29 is 5.11 Å². The van der Waals surface area contributed by atoms with E-state index in [4.69, 9.17) is 11.6 Å². The zero-order valence-electron chi connectivity index (χ0n) is 6.64. The molecule has 2 aromatic rings. The van der Waals surface area contributed by atoms with Crippen molar-refractivity contribution in [2.24, 2.45) is 0 Å². The standard InChI is InChI=1S/C9H6ClN2O/c10-7-1-3-8(4-2-7)12-6-5-9(13)11-12/h1-6H. The predicted molar refractivity (Wildman–Crippen MR) is 48.7 cm³/mol. The Morgan fingerprint density at radius 1 is 1.15 bits per heavy atom. The first kappa shape index (κ1) is 8.13. The van der Waals surface area contributed by atoms with Crippen LogP contribution >= 0.6 is 11.6 Å². The highest BCUT2D eigenvalue weighted by molar-refractivity contribution is 6.30. The van der Waals surface area contributed by atoms with Gasteiger partial charge in [0.05, 0.1) is 5.69 Å². The molecular formula is C9H6ClN2O. The summed E-state index contributed by atoms with van der Waals surface area (Å²) in [5.74, 6) is -0.241. The van der Waals surface area contributed by atoms with E-state index in [2.05, 4.69) is 5.10 Å². The SMILES string of the molecule is [O]c1ccn(-c2ccc(Cl)cc2)n1. The van der Waals surface area contributed by atoms with Crippen LogP contribution in [0.25, 0.3) is 5.69 Å². The Labute approximate surface area is 80.2 Å². The molecule has 0 N–H and O–H groups in total. The molecule has 1 heterocycles. The second-order valence-electron chi connectivity index (χ2n) is 2.57. The molecule has 3 nitrogen and oxygen atoms in total. The molecule has 0 aliphatic heterocycles. The van der Waals surface area contributed by atoms with Crippen molar-refractivity contribution in [2.75, 3.05) is 0 Å². The van der Waals surface area contributed by atoms with Crippen molar-refractivity contribution >= 4 is 11.6 Å². The van der Waals surface area contributed by atoms with Gasteiger partial charge in [-0.05, 0) is 24.3 Å². The summed E-state index contributed by atoms with van der Waals surface area (Å²) in [6, 6.07) is 8.52. The van der Waals surface area contributed by atoms with Crippen molar-refractivity contribution in [3.05, 3.63) is 41.6 Å². The molecule has 0 saturated carbocycles. The number of aromatic nitrogens is 2. The molecule has 0 bridgehead atoms. The maximum Gasteiger partial charge on any atom is 0.288 e. The van der Waals surface area contributed by atoms with Crippen LogP contribution < -0.4 is 0 Å². The van der Waals surface area contributed by atoms with E-state index in [0.717, 1.165) is 5.69 Å². The fourth-order valence-corrected chi connectivity index (χ4v) is 1.17. The smallest absolute Gasteiger partial charge is 0.266 e. The molecule has 0 amide bonds. The Morgan fingerprint density at radius 2 is 1.85 bits per heavy atom. The predicted octanol–water partition coefficient (Wildman–Crippen LogP) is 2.67. The van der Waals surface area contributed by atoms with Crippen LogP contribution in [0.4, 0.5) is 0 Å². The molecule has 0 atom stereocenters. The van der Waals surface area contributed by atoms with Gasteiger partial charge in [-0.15, -0.1) is 5.10 Å². The highest BCUT2D eigenvalue weighted by atomic mass is 35.5. The average Bonchev–Trinajstić information content (AvgIpc) is 2.53. The third-order valence-corrected chi connectivity index (χ3v) is 1.91. The topological polar surface area (TPSA) is 37.7 Å². The first-order valence-corrected chi connectivity index (χ1v) is 4.12. The van der Waals surface area contributed by atoms with Gasteiger partial charge < -0.3 is 0 Å². The lowest BCUT2D eigenvalue weighted by Gasteiger charge is -1.99. The number of halogens is 1. The van der Waals surface area contributed by atoms with Crippen LogP contribution in [0.5, 0.6) is 5.88 Å². The minimum Gasteiger partial charge on any atom is -0.266 e. The molecule has 1 radical (unpaired) electrons. The third kappa shape index (κ3) is 1.65. The van der Waals surface area contributed by atoms with Gasteiger partial charge in [-0.2, -0.15) is 0 Å². The van der Waals surface area contributed by atoms with E-state index in [1.165, 1.54) is 10.7 Å². The number of rotatable bonds is 1. The van der Waals surface area contributed by atoms with Gasteiger partial charge in [-0.3, -0.25) is 5.11 Å². The maximum atomic E-state index is 10.8. The monoisotopic (exact) mass is 193 g/mol. The van der Waals surface area contributed by atoms with Gasteiger partial charge in [0.1, 0.15) is 0 Å². The maximum absolute atomic E-state index is 10.8. The van der Waals surface area contributed by atoms with Gasteiger partial charge >= 0.3 is 0 Å². The Hall–Kier alpha value is -1.48. The highest BCUT2D eigenvalue weighted by Gasteiger charge is 1.99. The minimum absolute atomic E-state index is 0.241. The van der Waals surface area contributed by atoms with Crippen LogP contribution in [-0.4, -0.2) is 9.78 Å². The van der Waals surface area contributed by atoms with Crippen LogP contribution in [0.3, 0.4) is 0 Å². The second-order valence-corrected chi connectivity index (χ2v) is 3.01. The van der Waals surface area contributed by atoms with E-state index in [1.54, 1.807) is 30.5 Å². The van der Waals surface area contributed by atoms with Crippen LogP contribution in [-0.2, 0) is 5.11 Å². The van der Waals surface area contributed by atoms with Gasteiger partial charge in [0, 0.05) is 17.3 Å². The van der Waals surface area contributed by atoms with Crippen molar-refractivity contribution in [2.45, 2.75) is 0 Å². The van der Waals surface area contributed by atoms with Gasteiger partial charge in [0.2, 0.25) is 0 Å². The molecule has 2 rings (SSSR count). The summed E-state index contributed by atoms with van der Waals surface area (Å²) in [7, 11) is 0. The Bertz CT molecular complexity index is 408. The second kappa shape index (κ2) is 3.11. The van der Waals surface area contributed by atoms with E-state index in [9.17, 15) is 5.11 Å². The first-order chi connectivity index (χ1) is 6.25. The van der Waals surface area contributed by atoms with Crippen molar-refractivity contribution in [1.82, 2.24) is 9.78 Å². The molecular weight excluding hydrogens is 188 g/mol. The van der Waals surface area contributed by atoms with Crippen molar-refractivity contribution in [3.8, 4) is 11.6 Å². The van der Waals surface area contributed by atoms with Crippen LogP contribution in [0, 0.1) is 0 Å². The minimum atomic E-state index is -0.241. The molecule has 0 saturated heterocycles. The Morgan fingerprint density at radius 3 is 2.38 bits per heavy atom. The van der Waals surface area contributed by atoms with Gasteiger partial charge in [-0.25, -0.2) is 4.68 Å². The number of hydrogen-bond donors (Lipinski definition) is 0. The zero-order valence-corrected chi connectivity index (χ0v) is 7.40. The lowest BCUT2D eigenvalue weighted by atomic mass is 10.3. The summed E-state index contributed by atoms with van der Waals surface area (Å²) >= 11 is 5.71. The summed E-state index contributed by atoms with van der Waals surface area (Å²) in [5, 5.41) is 15.2. The highest BCUT2D eigenvalue weighted by Crippen LogP contribution is 2.14. The van der Waals surface area contributed by atoms with Crippen LogP contribution in [0.1, 0.15) is 0 Å². The van der Waals surface area contributed by atoms with Crippen LogP contribution in [0.15, 0.2) is 36.5 Å². The molecule has 0 fully saturated rings. The molecule has 1 aromatic heterocycles. The molecule has 0 aliphatic rings. The lowest BCUT2D eigenvalue weighted by molar-refractivity contribution is 0.334. The molecule has 0 spiro atoms. The Balaban J connectivity index is 2.41. The number of benzene rings is 1.